The molecule has 0 aliphatic rings. The number of aliphatic hydroxyl groups is 1. The summed E-state index contributed by atoms with van der Waals surface area (Å²) in [6.45, 7) is 9.62. The van der Waals surface area contributed by atoms with Crippen molar-refractivity contribution in [3.63, 3.8) is 0 Å². The predicted octanol–water partition coefficient (Wildman–Crippen LogP) is 2.56. The molecule has 10 nitrogen and oxygen atoms in total. The molecule has 1 heterocycles. The number of hydrazine groups is 1. The van der Waals surface area contributed by atoms with E-state index >= 15 is 0 Å². The van der Waals surface area contributed by atoms with Gasteiger partial charge in [0.15, 0.2) is 0 Å². The van der Waals surface area contributed by atoms with E-state index < -0.39 is 11.6 Å². The number of rotatable bonds is 11. The first-order valence-corrected chi connectivity index (χ1v) is 12.6. The third-order valence-corrected chi connectivity index (χ3v) is 6.00. The lowest BCUT2D eigenvalue weighted by atomic mass is 9.95. The number of nitrogens with zero attached hydrogens (tertiary/aromatic N) is 2. The molecule has 1 amide bonds. The Morgan fingerprint density at radius 2 is 2.00 bits per heavy atom. The molecule has 1 aromatic carbocycles. The second-order valence-electron chi connectivity index (χ2n) is 9.84. The highest BCUT2D eigenvalue weighted by Crippen LogP contribution is 2.21. The molecule has 0 saturated carbocycles. The fourth-order valence-electron chi connectivity index (χ4n) is 3.24. The number of carbonyl (C=O) groups excluding carboxylic acids is 1. The second-order valence-corrected chi connectivity index (χ2v) is 10.3. The van der Waals surface area contributed by atoms with E-state index in [1.165, 1.54) is 23.2 Å². The van der Waals surface area contributed by atoms with Gasteiger partial charge in [-0.05, 0) is 36.1 Å². The van der Waals surface area contributed by atoms with E-state index in [1.54, 1.807) is 31.2 Å². The van der Waals surface area contributed by atoms with Gasteiger partial charge in [-0.3, -0.25) is 25.3 Å². The van der Waals surface area contributed by atoms with Crippen LogP contribution >= 0.6 is 11.6 Å². The number of benzene rings is 1. The topological polar surface area (TPSA) is 160 Å². The van der Waals surface area contributed by atoms with Gasteiger partial charge in [0.1, 0.15) is 6.23 Å². The minimum Gasteiger partial charge on any atom is -0.400 e. The molecule has 38 heavy (non-hydrogen) atoms. The number of hydrogen-bond acceptors (Lipinski definition) is 8. The molecule has 2 rings (SSSR count). The first kappa shape index (κ1) is 30.8. The maximum Gasteiger partial charge on any atom is 0.254 e. The molecule has 0 radical (unpaired) electrons. The molecule has 206 valence electrons. The lowest BCUT2D eigenvalue weighted by molar-refractivity contribution is -0.127. The number of aromatic nitrogens is 2. The van der Waals surface area contributed by atoms with Gasteiger partial charge in [-0.25, -0.2) is 4.98 Å². The van der Waals surface area contributed by atoms with Crippen LogP contribution in [0.4, 0.5) is 0 Å². The van der Waals surface area contributed by atoms with Crippen molar-refractivity contribution in [2.75, 3.05) is 6.54 Å². The zero-order valence-electron chi connectivity index (χ0n) is 22.5. The Kier molecular flexibility index (Phi) is 11.3. The first-order chi connectivity index (χ1) is 17.8. The van der Waals surface area contributed by atoms with Crippen LogP contribution in [0, 0.1) is 5.41 Å². The summed E-state index contributed by atoms with van der Waals surface area (Å²) in [5.74, 6) is 5.02. The van der Waals surface area contributed by atoms with E-state index in [0.717, 1.165) is 5.56 Å². The van der Waals surface area contributed by atoms with Gasteiger partial charge >= 0.3 is 0 Å². The SMILES string of the molecule is CC/C(Cl)=C\C(NC(=O)C(C)(C)C)=C(/C)c1cc(=O)n(Cc2cccc([C@H](O)NC/C(N)=C/NN)c2)cn1. The number of halogens is 1. The predicted molar refractivity (Wildman–Crippen MR) is 151 cm³/mol. The highest BCUT2D eigenvalue weighted by atomic mass is 35.5. The Balaban J connectivity index is 2.29. The molecule has 0 aliphatic carbocycles. The van der Waals surface area contributed by atoms with Gasteiger partial charge in [0, 0.05) is 40.7 Å². The van der Waals surface area contributed by atoms with Crippen molar-refractivity contribution in [3.05, 3.63) is 92.5 Å². The molecule has 0 bridgehead atoms. The minimum absolute atomic E-state index is 0.177. The maximum atomic E-state index is 13.0. The van der Waals surface area contributed by atoms with Gasteiger partial charge in [0.05, 0.1) is 18.6 Å². The van der Waals surface area contributed by atoms with E-state index in [1.807, 2.05) is 33.8 Å². The summed E-state index contributed by atoms with van der Waals surface area (Å²) in [7, 11) is 0. The number of hydrogen-bond donors (Lipinski definition) is 6. The van der Waals surface area contributed by atoms with E-state index in [2.05, 4.69) is 21.0 Å². The van der Waals surface area contributed by atoms with E-state index in [4.69, 9.17) is 23.2 Å². The first-order valence-electron chi connectivity index (χ1n) is 12.2. The molecule has 0 spiro atoms. The average Bonchev–Trinajstić information content (AvgIpc) is 2.87. The monoisotopic (exact) mass is 543 g/mol. The van der Waals surface area contributed by atoms with E-state index in [9.17, 15) is 14.7 Å². The molecule has 1 atom stereocenters. The van der Waals surface area contributed by atoms with Crippen molar-refractivity contribution in [1.82, 2.24) is 25.6 Å². The van der Waals surface area contributed by atoms with E-state index in [0.29, 0.717) is 39.7 Å². The molecule has 1 aromatic heterocycles. The maximum absolute atomic E-state index is 13.0. The van der Waals surface area contributed by atoms with E-state index in [-0.39, 0.29) is 24.6 Å². The van der Waals surface area contributed by atoms with Crippen LogP contribution in [0.5, 0.6) is 0 Å². The lowest BCUT2D eigenvalue weighted by Crippen LogP contribution is -2.34. The van der Waals surface area contributed by atoms with Crippen molar-refractivity contribution in [1.29, 1.82) is 0 Å². The number of aliphatic hydroxyl groups excluding tert-OH is 1. The number of amides is 1. The quantitative estimate of drug-likeness (QED) is 0.109. The molecule has 11 heteroatoms. The normalized spacial score (nSPS) is 14.1. The second kappa shape index (κ2) is 13.9. The molecular weight excluding hydrogens is 506 g/mol. The summed E-state index contributed by atoms with van der Waals surface area (Å²) in [5, 5.41) is 16.8. The van der Waals surface area contributed by atoms with Gasteiger partial charge in [-0.2, -0.15) is 0 Å². The Bertz CT molecular complexity index is 1280. The zero-order chi connectivity index (χ0) is 28.5. The molecule has 0 saturated heterocycles. The molecule has 0 aliphatic heterocycles. The van der Waals surface area contributed by atoms with Crippen LogP contribution in [0.1, 0.15) is 64.1 Å². The fourth-order valence-corrected chi connectivity index (χ4v) is 3.35. The summed E-state index contributed by atoms with van der Waals surface area (Å²) in [5.41, 5.74) is 10.6. The number of carbonyl (C=O) groups is 1. The van der Waals surface area contributed by atoms with Crippen LogP contribution in [0.25, 0.3) is 5.57 Å². The standard InChI is InChI=1S/C27H38ClN7O3/c1-6-20(28)11-23(34-26(38)27(3,4)5)17(2)22-12-24(36)35(16-32-22)15-18-8-7-9-19(10-18)25(37)31-13-21(29)14-33-30/h7-12,14,16,25,31,33,37H,6,13,15,29-30H2,1-5H3,(H,34,38)/b20-11+,21-14-,23-17-/t25-/m0/s1. The summed E-state index contributed by atoms with van der Waals surface area (Å²) >= 11 is 6.27. The Morgan fingerprint density at radius 3 is 2.61 bits per heavy atom. The van der Waals surface area contributed by atoms with Crippen molar-refractivity contribution in [2.24, 2.45) is 17.0 Å². The van der Waals surface area contributed by atoms with Crippen LogP contribution in [-0.4, -0.2) is 27.1 Å². The third kappa shape index (κ3) is 9.14. The number of nitrogens with two attached hydrogens (primary N) is 2. The van der Waals surface area contributed by atoms with Gasteiger partial charge in [-0.1, -0.05) is 63.6 Å². The zero-order valence-corrected chi connectivity index (χ0v) is 23.3. The third-order valence-electron chi connectivity index (χ3n) is 5.62. The van der Waals surface area contributed by atoms with Crippen LogP contribution in [0.3, 0.4) is 0 Å². The van der Waals surface area contributed by atoms with Gasteiger partial charge in [0.2, 0.25) is 5.91 Å². The van der Waals surface area contributed by atoms with Gasteiger partial charge < -0.3 is 21.6 Å². The van der Waals surface area contributed by atoms with Crippen LogP contribution in [0.15, 0.2) is 70.2 Å². The summed E-state index contributed by atoms with van der Waals surface area (Å²) in [4.78, 5) is 30.1. The highest BCUT2D eigenvalue weighted by molar-refractivity contribution is 6.29. The van der Waals surface area contributed by atoms with Gasteiger partial charge in [0.25, 0.3) is 5.56 Å². The molecule has 0 fully saturated rings. The summed E-state index contributed by atoms with van der Waals surface area (Å²) < 4.78 is 1.46. The number of allylic oxidation sites excluding steroid dienone is 3. The highest BCUT2D eigenvalue weighted by Gasteiger charge is 2.22. The molecule has 8 N–H and O–H groups in total. The van der Waals surface area contributed by atoms with Crippen molar-refractivity contribution >= 4 is 23.1 Å². The Morgan fingerprint density at radius 1 is 1.29 bits per heavy atom. The fraction of sp³-hybridized carbons (Fsp3) is 0.370. The van der Waals surface area contributed by atoms with Crippen LogP contribution in [-0.2, 0) is 11.3 Å². The summed E-state index contributed by atoms with van der Waals surface area (Å²) in [6, 6.07) is 8.63. The van der Waals surface area contributed by atoms with Crippen LogP contribution < -0.4 is 33.2 Å². The van der Waals surface area contributed by atoms with Crippen molar-refractivity contribution in [3.8, 4) is 0 Å². The van der Waals surface area contributed by atoms with Gasteiger partial charge in [-0.15, -0.1) is 0 Å². The minimum atomic E-state index is -0.964. The Hall–Kier alpha value is -3.44. The largest absolute Gasteiger partial charge is 0.400 e. The molecule has 0 unspecified atom stereocenters. The van der Waals surface area contributed by atoms with Crippen molar-refractivity contribution in [2.45, 2.75) is 53.8 Å². The molecular formula is C27H38ClN7O3. The number of nitrogens with one attached hydrogen (secondary N) is 3. The Labute approximate surface area is 228 Å². The smallest absolute Gasteiger partial charge is 0.254 e. The summed E-state index contributed by atoms with van der Waals surface area (Å²) in [6.07, 6.45) is 4.20. The van der Waals surface area contributed by atoms with Crippen molar-refractivity contribution < 1.29 is 9.90 Å². The molecule has 2 aromatic rings. The van der Waals surface area contributed by atoms with Crippen LogP contribution in [0.2, 0.25) is 0 Å². The lowest BCUT2D eigenvalue weighted by Gasteiger charge is -2.20. The average molecular weight is 544 g/mol.